The zero-order valence-corrected chi connectivity index (χ0v) is 11.1. The molecule has 1 aromatic rings. The summed E-state index contributed by atoms with van der Waals surface area (Å²) in [6.45, 7) is 7.43. The summed E-state index contributed by atoms with van der Waals surface area (Å²) in [6.07, 6.45) is 3.31. The van der Waals surface area contributed by atoms with Crippen molar-refractivity contribution in [3.8, 4) is 5.75 Å². The summed E-state index contributed by atoms with van der Waals surface area (Å²) < 4.78 is 5.88. The second-order valence-corrected chi connectivity index (χ2v) is 5.46. The van der Waals surface area contributed by atoms with Gasteiger partial charge in [0.15, 0.2) is 11.6 Å². The number of rotatable bonds is 3. The van der Waals surface area contributed by atoms with Gasteiger partial charge in [-0.25, -0.2) is 4.98 Å². The third-order valence-electron chi connectivity index (χ3n) is 3.83. The number of fused-ring (bicyclic) bond motifs is 1. The van der Waals surface area contributed by atoms with Crippen LogP contribution in [0, 0.1) is 5.92 Å². The first kappa shape index (κ1) is 11.8. The minimum absolute atomic E-state index is 0.188. The van der Waals surface area contributed by atoms with Gasteiger partial charge in [0.1, 0.15) is 0 Å². The molecule has 2 aliphatic rings. The monoisotopic (exact) mass is 247 g/mol. The summed E-state index contributed by atoms with van der Waals surface area (Å²) >= 11 is 0. The maximum absolute atomic E-state index is 5.88. The maximum atomic E-state index is 5.88. The van der Waals surface area contributed by atoms with Gasteiger partial charge in [0.25, 0.3) is 0 Å². The molecular formula is C14H21N3O. The average molecular weight is 247 g/mol. The number of hydrogen-bond donors (Lipinski definition) is 1. The Bertz CT molecular complexity index is 421. The molecular weight excluding hydrogens is 226 g/mol. The molecule has 2 atom stereocenters. The number of aromatic nitrogens is 1. The molecule has 4 heteroatoms. The van der Waals surface area contributed by atoms with E-state index in [0.717, 1.165) is 37.1 Å². The summed E-state index contributed by atoms with van der Waals surface area (Å²) in [5.74, 6) is 2.71. The first-order valence-electron chi connectivity index (χ1n) is 6.84. The lowest BCUT2D eigenvalue weighted by atomic mass is 10.1. The van der Waals surface area contributed by atoms with Crippen LogP contribution >= 0.6 is 0 Å². The van der Waals surface area contributed by atoms with Crippen LogP contribution in [0.25, 0.3) is 0 Å². The lowest BCUT2D eigenvalue weighted by Crippen LogP contribution is -2.35. The van der Waals surface area contributed by atoms with E-state index in [4.69, 9.17) is 4.74 Å². The molecule has 4 nitrogen and oxygen atoms in total. The second-order valence-electron chi connectivity index (χ2n) is 5.46. The molecule has 2 aliphatic heterocycles. The SMILES string of the molecule is CC(C)Oc1cccnc1N1CC[C@H]2CNC[C@H]21. The van der Waals surface area contributed by atoms with Gasteiger partial charge in [0.05, 0.1) is 6.10 Å². The highest BCUT2D eigenvalue weighted by Gasteiger charge is 2.39. The Morgan fingerprint density at radius 3 is 3.17 bits per heavy atom. The van der Waals surface area contributed by atoms with Crippen LogP contribution in [0.1, 0.15) is 20.3 Å². The van der Waals surface area contributed by atoms with E-state index >= 15 is 0 Å². The van der Waals surface area contributed by atoms with Gasteiger partial charge in [-0.05, 0) is 38.3 Å². The Kier molecular flexibility index (Phi) is 3.12. The summed E-state index contributed by atoms with van der Waals surface area (Å²) in [7, 11) is 0. The van der Waals surface area contributed by atoms with Crippen molar-refractivity contribution in [3.05, 3.63) is 18.3 Å². The van der Waals surface area contributed by atoms with Gasteiger partial charge < -0.3 is 15.0 Å². The molecule has 0 radical (unpaired) electrons. The maximum Gasteiger partial charge on any atom is 0.171 e. The second kappa shape index (κ2) is 4.76. The van der Waals surface area contributed by atoms with Crippen molar-refractivity contribution in [3.63, 3.8) is 0 Å². The lowest BCUT2D eigenvalue weighted by Gasteiger charge is -2.26. The summed E-state index contributed by atoms with van der Waals surface area (Å²) in [6, 6.07) is 4.56. The van der Waals surface area contributed by atoms with Gasteiger partial charge in [-0.2, -0.15) is 0 Å². The van der Waals surface area contributed by atoms with Crippen molar-refractivity contribution in [1.29, 1.82) is 0 Å². The number of anilines is 1. The molecule has 0 aliphatic carbocycles. The van der Waals surface area contributed by atoms with E-state index in [-0.39, 0.29) is 6.10 Å². The molecule has 18 heavy (non-hydrogen) atoms. The fourth-order valence-corrected chi connectivity index (χ4v) is 3.06. The Hall–Kier alpha value is -1.29. The Labute approximate surface area is 108 Å². The Morgan fingerprint density at radius 2 is 2.33 bits per heavy atom. The van der Waals surface area contributed by atoms with E-state index < -0.39 is 0 Å². The lowest BCUT2D eigenvalue weighted by molar-refractivity contribution is 0.242. The number of ether oxygens (including phenoxy) is 1. The smallest absolute Gasteiger partial charge is 0.171 e. The standard InChI is InChI=1S/C14H21N3O/c1-10(2)18-13-4-3-6-16-14(13)17-7-5-11-8-15-9-12(11)17/h3-4,6,10-12,15H,5,7-9H2,1-2H3/t11-,12+/m0/s1. The summed E-state index contributed by atoms with van der Waals surface area (Å²) in [4.78, 5) is 6.97. The number of nitrogens with zero attached hydrogens (tertiary/aromatic N) is 2. The fraction of sp³-hybridized carbons (Fsp3) is 0.643. The minimum atomic E-state index is 0.188. The van der Waals surface area contributed by atoms with Crippen molar-refractivity contribution in [2.24, 2.45) is 5.92 Å². The van der Waals surface area contributed by atoms with E-state index in [0.29, 0.717) is 6.04 Å². The van der Waals surface area contributed by atoms with E-state index in [1.807, 2.05) is 18.3 Å². The van der Waals surface area contributed by atoms with E-state index in [1.165, 1.54) is 6.42 Å². The third kappa shape index (κ3) is 2.05. The highest BCUT2D eigenvalue weighted by Crippen LogP contribution is 2.35. The molecule has 1 N–H and O–H groups in total. The van der Waals surface area contributed by atoms with Gasteiger partial charge in [-0.3, -0.25) is 0 Å². The molecule has 3 rings (SSSR count). The molecule has 0 bridgehead atoms. The Morgan fingerprint density at radius 1 is 1.44 bits per heavy atom. The van der Waals surface area contributed by atoms with Gasteiger partial charge in [-0.1, -0.05) is 0 Å². The normalized spacial score (nSPS) is 26.7. The molecule has 98 valence electrons. The van der Waals surface area contributed by atoms with Gasteiger partial charge in [-0.15, -0.1) is 0 Å². The van der Waals surface area contributed by atoms with Crippen LogP contribution in [0.15, 0.2) is 18.3 Å². The highest BCUT2D eigenvalue weighted by molar-refractivity contribution is 5.54. The predicted octanol–water partition coefficient (Wildman–Crippen LogP) is 1.67. The average Bonchev–Trinajstić information content (AvgIpc) is 2.91. The van der Waals surface area contributed by atoms with Crippen LogP contribution in [-0.2, 0) is 0 Å². The number of pyridine rings is 1. The fourth-order valence-electron chi connectivity index (χ4n) is 3.06. The largest absolute Gasteiger partial charge is 0.487 e. The van der Waals surface area contributed by atoms with Crippen LogP contribution in [0.2, 0.25) is 0 Å². The molecule has 2 saturated heterocycles. The quantitative estimate of drug-likeness (QED) is 0.881. The highest BCUT2D eigenvalue weighted by atomic mass is 16.5. The first-order chi connectivity index (χ1) is 8.75. The summed E-state index contributed by atoms with van der Waals surface area (Å²) in [5.41, 5.74) is 0. The third-order valence-corrected chi connectivity index (χ3v) is 3.83. The molecule has 3 heterocycles. The predicted molar refractivity (Wildman–Crippen MR) is 72.1 cm³/mol. The summed E-state index contributed by atoms with van der Waals surface area (Å²) in [5, 5.41) is 3.47. The van der Waals surface area contributed by atoms with Crippen molar-refractivity contribution in [1.82, 2.24) is 10.3 Å². The van der Waals surface area contributed by atoms with Crippen LogP contribution in [0.4, 0.5) is 5.82 Å². The van der Waals surface area contributed by atoms with Crippen LogP contribution < -0.4 is 15.0 Å². The Balaban J connectivity index is 1.87. The topological polar surface area (TPSA) is 37.4 Å². The molecule has 0 spiro atoms. The first-order valence-corrected chi connectivity index (χ1v) is 6.84. The van der Waals surface area contributed by atoms with E-state index in [2.05, 4.69) is 29.0 Å². The number of nitrogens with one attached hydrogen (secondary N) is 1. The molecule has 0 unspecified atom stereocenters. The van der Waals surface area contributed by atoms with Crippen molar-refractivity contribution in [2.45, 2.75) is 32.4 Å². The molecule has 2 fully saturated rings. The molecule has 1 aromatic heterocycles. The van der Waals surface area contributed by atoms with Crippen LogP contribution in [0.5, 0.6) is 5.75 Å². The minimum Gasteiger partial charge on any atom is -0.487 e. The number of hydrogen-bond acceptors (Lipinski definition) is 4. The van der Waals surface area contributed by atoms with Crippen molar-refractivity contribution >= 4 is 5.82 Å². The van der Waals surface area contributed by atoms with Gasteiger partial charge in [0, 0.05) is 31.9 Å². The molecule has 0 saturated carbocycles. The zero-order chi connectivity index (χ0) is 12.5. The van der Waals surface area contributed by atoms with Crippen LogP contribution in [0.3, 0.4) is 0 Å². The zero-order valence-electron chi connectivity index (χ0n) is 11.1. The van der Waals surface area contributed by atoms with Crippen molar-refractivity contribution in [2.75, 3.05) is 24.5 Å². The molecule has 0 amide bonds. The van der Waals surface area contributed by atoms with E-state index in [1.54, 1.807) is 0 Å². The molecule has 0 aromatic carbocycles. The van der Waals surface area contributed by atoms with Crippen LogP contribution in [-0.4, -0.2) is 36.8 Å². The van der Waals surface area contributed by atoms with E-state index in [9.17, 15) is 0 Å². The van der Waals surface area contributed by atoms with Crippen molar-refractivity contribution < 1.29 is 4.74 Å². The van der Waals surface area contributed by atoms with Gasteiger partial charge in [0.2, 0.25) is 0 Å². The van der Waals surface area contributed by atoms with Gasteiger partial charge >= 0.3 is 0 Å².